The first kappa shape index (κ1) is 32.9. The lowest BCUT2D eigenvalue weighted by atomic mass is 10.1. The zero-order valence-corrected chi connectivity index (χ0v) is 25.3. The Labute approximate surface area is 255 Å². The zero-order valence-electron chi connectivity index (χ0n) is 25.3. The van der Waals surface area contributed by atoms with E-state index in [9.17, 15) is 4.79 Å². The van der Waals surface area contributed by atoms with Gasteiger partial charge in [-0.1, -0.05) is 39.0 Å². The quantitative estimate of drug-likeness (QED) is 0.0793. The lowest BCUT2D eigenvalue weighted by molar-refractivity contribution is -0.143. The molecule has 0 radical (unpaired) electrons. The summed E-state index contributed by atoms with van der Waals surface area (Å²) in [5, 5.41) is 26.0. The average molecular weight is 583 g/mol. The summed E-state index contributed by atoms with van der Waals surface area (Å²) in [7, 11) is 1.96. The van der Waals surface area contributed by atoms with Crippen molar-refractivity contribution in [2.45, 2.75) is 64.7 Å². The van der Waals surface area contributed by atoms with Crippen LogP contribution in [0.2, 0.25) is 0 Å². The Hall–Kier alpha value is -4.58. The molecular weight excluding hydrogens is 540 g/mol. The first-order valence-electron chi connectivity index (χ1n) is 15.1. The van der Waals surface area contributed by atoms with Crippen molar-refractivity contribution in [3.05, 3.63) is 72.8 Å². The van der Waals surface area contributed by atoms with Crippen molar-refractivity contribution in [2.75, 3.05) is 31.7 Å². The molecule has 0 saturated carbocycles. The first-order valence-corrected chi connectivity index (χ1v) is 15.1. The number of carbonyl (C=O) groups excluding carboxylic acids is 1. The molecule has 0 atom stereocenters. The lowest BCUT2D eigenvalue weighted by Gasteiger charge is -2.17. The molecule has 0 spiro atoms. The lowest BCUT2D eigenvalue weighted by Crippen LogP contribution is -2.17. The first-order chi connectivity index (χ1) is 21.1. The van der Waals surface area contributed by atoms with Crippen LogP contribution in [0.1, 0.15) is 64.7 Å². The van der Waals surface area contributed by atoms with Gasteiger partial charge in [0.2, 0.25) is 0 Å². The summed E-state index contributed by atoms with van der Waals surface area (Å²) >= 11 is 0. The van der Waals surface area contributed by atoms with Crippen LogP contribution in [0.5, 0.6) is 5.75 Å². The zero-order chi connectivity index (χ0) is 30.5. The number of esters is 1. The van der Waals surface area contributed by atoms with E-state index in [1.54, 1.807) is 0 Å². The number of ether oxygens (including phenoxy) is 2. The number of nitrogens with zero attached hydrogens (tertiary/aromatic N) is 6. The smallest absolute Gasteiger partial charge is 0.305 e. The van der Waals surface area contributed by atoms with E-state index < -0.39 is 0 Å². The Morgan fingerprint density at radius 3 is 1.63 bits per heavy atom. The summed E-state index contributed by atoms with van der Waals surface area (Å²) in [5.74, 6) is 0.718. The predicted molar refractivity (Wildman–Crippen MR) is 170 cm³/mol. The van der Waals surface area contributed by atoms with Gasteiger partial charge in [0.15, 0.2) is 0 Å². The van der Waals surface area contributed by atoms with E-state index in [1.807, 2.05) is 91.7 Å². The number of hydrogen-bond donors (Lipinski definition) is 0. The summed E-state index contributed by atoms with van der Waals surface area (Å²) in [6.07, 6.45) is 8.74. The molecule has 0 saturated heterocycles. The Morgan fingerprint density at radius 2 is 1.14 bits per heavy atom. The highest BCUT2D eigenvalue weighted by Gasteiger charge is 2.01. The van der Waals surface area contributed by atoms with Gasteiger partial charge in [-0.05, 0) is 85.6 Å². The van der Waals surface area contributed by atoms with Crippen LogP contribution in [-0.2, 0) is 9.53 Å². The van der Waals surface area contributed by atoms with Gasteiger partial charge in [-0.15, -0.1) is 0 Å². The number of anilines is 1. The maximum absolute atomic E-state index is 11.1. The summed E-state index contributed by atoms with van der Waals surface area (Å²) in [4.78, 5) is 13.1. The second kappa shape index (κ2) is 19.5. The van der Waals surface area contributed by atoms with Crippen LogP contribution in [0.15, 0.2) is 93.3 Å². The molecule has 0 N–H and O–H groups in total. The van der Waals surface area contributed by atoms with E-state index in [2.05, 4.69) is 26.5 Å². The molecule has 0 bridgehead atoms. The third-order valence-corrected chi connectivity index (χ3v) is 6.71. The Morgan fingerprint density at radius 1 is 0.698 bits per heavy atom. The van der Waals surface area contributed by atoms with Gasteiger partial charge in [-0.2, -0.15) is 25.7 Å². The molecular formula is C34H42N6O3. The van der Waals surface area contributed by atoms with E-state index in [1.165, 1.54) is 19.3 Å². The molecule has 0 unspecified atom stereocenters. The standard InChI is InChI=1S/C34H42N6O3/c1-3-34(41)43-27-10-8-6-4-5-7-9-26-42-33-22-18-31(19-23-33)39-37-29-14-12-28(13-15-29)36-38-30-16-20-32(21-17-30)40(2)25-11-24-35/h12-23H,3-11,25-27H2,1-2H3. The molecule has 3 rings (SSSR count). The van der Waals surface area contributed by atoms with E-state index in [0.29, 0.717) is 32.6 Å². The van der Waals surface area contributed by atoms with Crippen molar-refractivity contribution in [3.63, 3.8) is 0 Å². The van der Waals surface area contributed by atoms with Crippen LogP contribution in [0.4, 0.5) is 28.4 Å². The van der Waals surface area contributed by atoms with Gasteiger partial charge >= 0.3 is 5.97 Å². The van der Waals surface area contributed by atoms with Gasteiger partial charge in [-0.25, -0.2) is 0 Å². The van der Waals surface area contributed by atoms with Crippen molar-refractivity contribution in [1.29, 1.82) is 5.26 Å². The number of rotatable bonds is 19. The summed E-state index contributed by atoms with van der Waals surface area (Å²) in [6.45, 7) is 3.75. The van der Waals surface area contributed by atoms with Gasteiger partial charge in [0.05, 0.1) is 48.5 Å². The Kier molecular flexibility index (Phi) is 15.0. The molecule has 0 fully saturated rings. The second-order valence-electron chi connectivity index (χ2n) is 10.2. The highest BCUT2D eigenvalue weighted by atomic mass is 16.5. The van der Waals surface area contributed by atoms with Crippen LogP contribution in [-0.4, -0.2) is 32.8 Å². The summed E-state index contributed by atoms with van der Waals surface area (Å²) in [5.41, 5.74) is 3.99. The third-order valence-electron chi connectivity index (χ3n) is 6.71. The second-order valence-corrected chi connectivity index (χ2v) is 10.2. The van der Waals surface area contributed by atoms with Gasteiger partial charge in [0.1, 0.15) is 5.75 Å². The average Bonchev–Trinajstić information content (AvgIpc) is 3.05. The fourth-order valence-corrected chi connectivity index (χ4v) is 4.11. The molecule has 0 aromatic heterocycles. The normalized spacial score (nSPS) is 11.1. The molecule has 0 aliphatic rings. The highest BCUT2D eigenvalue weighted by molar-refractivity contribution is 5.68. The van der Waals surface area contributed by atoms with Crippen molar-refractivity contribution in [2.24, 2.45) is 20.5 Å². The molecule has 0 aliphatic heterocycles. The van der Waals surface area contributed by atoms with Crippen LogP contribution in [0, 0.1) is 11.3 Å². The molecule has 0 aliphatic carbocycles. The van der Waals surface area contributed by atoms with Crippen LogP contribution in [0.25, 0.3) is 0 Å². The van der Waals surface area contributed by atoms with Gasteiger partial charge in [-0.3, -0.25) is 4.79 Å². The van der Waals surface area contributed by atoms with E-state index >= 15 is 0 Å². The number of benzene rings is 3. The minimum atomic E-state index is -0.112. The molecule has 9 heteroatoms. The van der Waals surface area contributed by atoms with E-state index in [4.69, 9.17) is 14.7 Å². The number of azo groups is 2. The largest absolute Gasteiger partial charge is 0.494 e. The van der Waals surface area contributed by atoms with Crippen molar-refractivity contribution < 1.29 is 14.3 Å². The number of carbonyl (C=O) groups is 1. The minimum absolute atomic E-state index is 0.112. The molecule has 226 valence electrons. The SMILES string of the molecule is CCC(=O)OCCCCCCCCCOc1ccc(N=Nc2ccc(N=Nc3ccc(N(C)CCC#N)cc3)cc2)cc1. The van der Waals surface area contributed by atoms with Crippen molar-refractivity contribution in [1.82, 2.24) is 0 Å². The van der Waals surface area contributed by atoms with Gasteiger partial charge < -0.3 is 14.4 Å². The van der Waals surface area contributed by atoms with Gasteiger partial charge in [0.25, 0.3) is 0 Å². The highest BCUT2D eigenvalue weighted by Crippen LogP contribution is 2.25. The van der Waals surface area contributed by atoms with Crippen LogP contribution in [0.3, 0.4) is 0 Å². The monoisotopic (exact) mass is 582 g/mol. The third kappa shape index (κ3) is 13.3. The van der Waals surface area contributed by atoms with Crippen LogP contribution >= 0.6 is 0 Å². The molecule has 3 aromatic carbocycles. The number of hydrogen-bond acceptors (Lipinski definition) is 9. The van der Waals surface area contributed by atoms with Crippen molar-refractivity contribution >= 4 is 34.4 Å². The minimum Gasteiger partial charge on any atom is -0.494 e. The molecule has 0 amide bonds. The van der Waals surface area contributed by atoms with E-state index in [0.717, 1.165) is 59.9 Å². The number of unbranched alkanes of at least 4 members (excludes halogenated alkanes) is 6. The Bertz CT molecular complexity index is 1320. The van der Waals surface area contributed by atoms with Crippen molar-refractivity contribution in [3.8, 4) is 11.8 Å². The predicted octanol–water partition coefficient (Wildman–Crippen LogP) is 9.93. The van der Waals surface area contributed by atoms with Gasteiger partial charge in [0, 0.05) is 25.7 Å². The number of nitriles is 1. The molecule has 3 aromatic rings. The molecule has 9 nitrogen and oxygen atoms in total. The maximum Gasteiger partial charge on any atom is 0.305 e. The van der Waals surface area contributed by atoms with Crippen LogP contribution < -0.4 is 9.64 Å². The summed E-state index contributed by atoms with van der Waals surface area (Å²) in [6, 6.07) is 24.9. The van der Waals surface area contributed by atoms with E-state index in [-0.39, 0.29) is 5.97 Å². The Balaban J connectivity index is 1.31. The molecule has 0 heterocycles. The molecule has 43 heavy (non-hydrogen) atoms. The maximum atomic E-state index is 11.1. The fraction of sp³-hybridized carbons (Fsp3) is 0.412. The topological polar surface area (TPSA) is 112 Å². The fourth-order valence-electron chi connectivity index (χ4n) is 4.11. The summed E-state index contributed by atoms with van der Waals surface area (Å²) < 4.78 is 11.0.